The zero-order chi connectivity index (χ0) is 12.8. The number of piperidine rings is 1. The average molecular weight is 244 g/mol. The van der Waals surface area contributed by atoms with Crippen LogP contribution in [0, 0.1) is 0 Å². The van der Waals surface area contributed by atoms with Gasteiger partial charge in [0.15, 0.2) is 0 Å². The van der Waals surface area contributed by atoms with Crippen LogP contribution in [0.1, 0.15) is 43.7 Å². The van der Waals surface area contributed by atoms with Gasteiger partial charge >= 0.3 is 0 Å². The van der Waals surface area contributed by atoms with E-state index in [1.807, 2.05) is 0 Å². The van der Waals surface area contributed by atoms with Crippen LogP contribution in [-0.4, -0.2) is 19.0 Å². The van der Waals surface area contributed by atoms with Crippen LogP contribution in [0.2, 0.25) is 0 Å². The fourth-order valence-electron chi connectivity index (χ4n) is 3.14. The van der Waals surface area contributed by atoms with Crippen LogP contribution in [0.15, 0.2) is 18.2 Å². The van der Waals surface area contributed by atoms with Gasteiger partial charge in [-0.2, -0.15) is 0 Å². The first-order chi connectivity index (χ1) is 8.63. The zero-order valence-electron chi connectivity index (χ0n) is 11.0. The second-order valence-corrected chi connectivity index (χ2v) is 5.75. The van der Waals surface area contributed by atoms with E-state index in [2.05, 4.69) is 42.7 Å². The lowest BCUT2D eigenvalue weighted by Gasteiger charge is -2.32. The van der Waals surface area contributed by atoms with Gasteiger partial charge in [-0.3, -0.25) is 4.79 Å². The number of hydrogen-bond acceptors (Lipinski definition) is 2. The maximum atomic E-state index is 12.4. The Hall–Kier alpha value is -1.35. The number of carbonyl (C=O) groups is 1. The lowest BCUT2D eigenvalue weighted by atomic mass is 9.73. The highest BCUT2D eigenvalue weighted by molar-refractivity contribution is 6.06. The maximum absolute atomic E-state index is 12.4. The first-order valence-corrected chi connectivity index (χ1v) is 6.80. The fraction of sp³-hybridized carbons (Fsp3) is 0.533. The van der Waals surface area contributed by atoms with Crippen molar-refractivity contribution in [3.63, 3.8) is 0 Å². The van der Waals surface area contributed by atoms with Crippen molar-refractivity contribution < 1.29 is 4.79 Å². The van der Waals surface area contributed by atoms with Crippen LogP contribution in [0.25, 0.3) is 0 Å². The summed E-state index contributed by atoms with van der Waals surface area (Å²) in [6.45, 7) is 6.25. The molecule has 1 amide bonds. The van der Waals surface area contributed by atoms with E-state index in [-0.39, 0.29) is 11.3 Å². The Bertz CT molecular complexity index is 487. The zero-order valence-corrected chi connectivity index (χ0v) is 11.0. The summed E-state index contributed by atoms with van der Waals surface area (Å²) in [6, 6.07) is 6.44. The fourth-order valence-corrected chi connectivity index (χ4v) is 3.14. The standard InChI is InChI=1S/C15H20N2O/c1-10(2)11-3-4-13-12(9-11)15(14(18)17-13)5-7-16-8-6-15/h3-4,9-10,16H,5-8H2,1-2H3,(H,17,18). The summed E-state index contributed by atoms with van der Waals surface area (Å²) in [4.78, 5) is 12.4. The molecule has 18 heavy (non-hydrogen) atoms. The van der Waals surface area contributed by atoms with Crippen LogP contribution in [-0.2, 0) is 10.2 Å². The summed E-state index contributed by atoms with van der Waals surface area (Å²) in [5.41, 5.74) is 3.29. The molecule has 2 heterocycles. The van der Waals surface area contributed by atoms with Crippen LogP contribution in [0.4, 0.5) is 5.69 Å². The molecule has 3 heteroatoms. The lowest BCUT2D eigenvalue weighted by Crippen LogP contribution is -2.44. The van der Waals surface area contributed by atoms with Crippen LogP contribution in [0.5, 0.6) is 0 Å². The molecule has 96 valence electrons. The molecule has 3 rings (SSSR count). The van der Waals surface area contributed by atoms with E-state index in [9.17, 15) is 4.79 Å². The van der Waals surface area contributed by atoms with Gasteiger partial charge < -0.3 is 10.6 Å². The SMILES string of the molecule is CC(C)c1ccc2c(c1)C1(CCNCC1)C(=O)N2. The molecule has 0 aliphatic carbocycles. The average Bonchev–Trinajstić information content (AvgIpc) is 2.63. The summed E-state index contributed by atoms with van der Waals surface area (Å²) >= 11 is 0. The highest BCUT2D eigenvalue weighted by Crippen LogP contribution is 2.44. The minimum absolute atomic E-state index is 0.194. The van der Waals surface area contributed by atoms with Gasteiger partial charge in [-0.15, -0.1) is 0 Å². The minimum atomic E-state index is -0.272. The molecule has 3 nitrogen and oxygen atoms in total. The molecule has 2 N–H and O–H groups in total. The van der Waals surface area contributed by atoms with E-state index in [0.29, 0.717) is 5.92 Å². The number of benzene rings is 1. The molecule has 0 bridgehead atoms. The van der Waals surface area contributed by atoms with Gasteiger partial charge in [0.2, 0.25) is 5.91 Å². The molecule has 0 aromatic heterocycles. The molecule has 1 aromatic carbocycles. The predicted molar refractivity (Wildman–Crippen MR) is 72.9 cm³/mol. The summed E-state index contributed by atoms with van der Waals surface area (Å²) in [5, 5.41) is 6.40. The van der Waals surface area contributed by atoms with Crippen molar-refractivity contribution in [1.82, 2.24) is 5.32 Å². The molecule has 1 aromatic rings. The second kappa shape index (κ2) is 4.09. The van der Waals surface area contributed by atoms with Crippen LogP contribution < -0.4 is 10.6 Å². The maximum Gasteiger partial charge on any atom is 0.235 e. The quantitative estimate of drug-likeness (QED) is 0.796. The first-order valence-electron chi connectivity index (χ1n) is 6.80. The van der Waals surface area contributed by atoms with Crippen LogP contribution >= 0.6 is 0 Å². The van der Waals surface area contributed by atoms with Gasteiger partial charge in [0.25, 0.3) is 0 Å². The van der Waals surface area contributed by atoms with E-state index in [0.717, 1.165) is 31.6 Å². The van der Waals surface area contributed by atoms with E-state index in [1.54, 1.807) is 0 Å². The number of hydrogen-bond donors (Lipinski definition) is 2. The van der Waals surface area contributed by atoms with E-state index < -0.39 is 0 Å². The van der Waals surface area contributed by atoms with Gasteiger partial charge in [0.05, 0.1) is 5.41 Å². The molecule has 0 unspecified atom stereocenters. The van der Waals surface area contributed by atoms with Gasteiger partial charge in [-0.05, 0) is 49.0 Å². The minimum Gasteiger partial charge on any atom is -0.325 e. The predicted octanol–water partition coefficient (Wildman–Crippen LogP) is 2.38. The van der Waals surface area contributed by atoms with Gasteiger partial charge in [0.1, 0.15) is 0 Å². The molecule has 0 radical (unpaired) electrons. The molecule has 2 aliphatic rings. The molecular formula is C15H20N2O. The molecule has 1 saturated heterocycles. The smallest absolute Gasteiger partial charge is 0.235 e. The Balaban J connectivity index is 2.09. The second-order valence-electron chi connectivity index (χ2n) is 5.75. The van der Waals surface area contributed by atoms with Crippen molar-refractivity contribution in [2.24, 2.45) is 0 Å². The summed E-state index contributed by atoms with van der Waals surface area (Å²) in [5.74, 6) is 0.699. The lowest BCUT2D eigenvalue weighted by molar-refractivity contribution is -0.121. The third-order valence-corrected chi connectivity index (χ3v) is 4.37. The largest absolute Gasteiger partial charge is 0.325 e. The number of rotatable bonds is 1. The van der Waals surface area contributed by atoms with E-state index in [1.165, 1.54) is 11.1 Å². The number of nitrogens with one attached hydrogen (secondary N) is 2. The molecule has 1 spiro atoms. The molecule has 0 saturated carbocycles. The Morgan fingerprint density at radius 3 is 2.61 bits per heavy atom. The van der Waals surface area contributed by atoms with Crippen molar-refractivity contribution >= 4 is 11.6 Å². The van der Waals surface area contributed by atoms with Crippen molar-refractivity contribution in [2.75, 3.05) is 18.4 Å². The van der Waals surface area contributed by atoms with Gasteiger partial charge in [0, 0.05) is 5.69 Å². The highest BCUT2D eigenvalue weighted by atomic mass is 16.2. The number of fused-ring (bicyclic) bond motifs is 2. The monoisotopic (exact) mass is 244 g/mol. The summed E-state index contributed by atoms with van der Waals surface area (Å²) in [6.07, 6.45) is 1.82. The Labute approximate surface area is 108 Å². The number of anilines is 1. The van der Waals surface area contributed by atoms with Crippen molar-refractivity contribution in [3.8, 4) is 0 Å². The van der Waals surface area contributed by atoms with Crippen molar-refractivity contribution in [1.29, 1.82) is 0 Å². The normalized spacial score (nSPS) is 21.2. The summed E-state index contributed by atoms with van der Waals surface area (Å²) in [7, 11) is 0. The van der Waals surface area contributed by atoms with E-state index in [4.69, 9.17) is 0 Å². The Morgan fingerprint density at radius 2 is 1.94 bits per heavy atom. The number of amides is 1. The van der Waals surface area contributed by atoms with Crippen molar-refractivity contribution in [2.45, 2.75) is 38.0 Å². The highest BCUT2D eigenvalue weighted by Gasteiger charge is 2.47. The summed E-state index contributed by atoms with van der Waals surface area (Å²) < 4.78 is 0. The van der Waals surface area contributed by atoms with Crippen LogP contribution in [0.3, 0.4) is 0 Å². The Morgan fingerprint density at radius 1 is 1.22 bits per heavy atom. The topological polar surface area (TPSA) is 41.1 Å². The Kier molecular flexibility index (Phi) is 2.67. The molecular weight excluding hydrogens is 224 g/mol. The number of carbonyl (C=O) groups excluding carboxylic acids is 1. The third kappa shape index (κ3) is 1.57. The third-order valence-electron chi connectivity index (χ3n) is 4.37. The van der Waals surface area contributed by atoms with Crippen molar-refractivity contribution in [3.05, 3.63) is 29.3 Å². The van der Waals surface area contributed by atoms with Gasteiger partial charge in [-0.1, -0.05) is 26.0 Å². The molecule has 2 aliphatic heterocycles. The van der Waals surface area contributed by atoms with E-state index >= 15 is 0 Å². The molecule has 1 fully saturated rings. The first kappa shape index (κ1) is 11.7. The van der Waals surface area contributed by atoms with Gasteiger partial charge in [-0.25, -0.2) is 0 Å². The molecule has 0 atom stereocenters.